The quantitative estimate of drug-likeness (QED) is 0.427. The molecule has 0 spiro atoms. The average molecular weight is 457 g/mol. The fraction of sp³-hybridized carbons (Fsp3) is 0.167. The molecule has 7 nitrogen and oxygen atoms in total. The van der Waals surface area contributed by atoms with Crippen molar-refractivity contribution in [2.24, 2.45) is 0 Å². The lowest BCUT2D eigenvalue weighted by Gasteiger charge is -2.13. The van der Waals surface area contributed by atoms with Crippen molar-refractivity contribution in [3.63, 3.8) is 0 Å². The molecule has 0 fully saturated rings. The zero-order chi connectivity index (χ0) is 23.8. The van der Waals surface area contributed by atoms with E-state index in [1.807, 2.05) is 0 Å². The summed E-state index contributed by atoms with van der Waals surface area (Å²) >= 11 is 0. The van der Waals surface area contributed by atoms with E-state index in [2.05, 4.69) is 5.32 Å². The number of rotatable bonds is 9. The average Bonchev–Trinajstić information content (AvgIpc) is 2.81. The maximum atomic E-state index is 14.3. The Morgan fingerprint density at radius 3 is 2.36 bits per heavy atom. The molecule has 0 saturated heterocycles. The Morgan fingerprint density at radius 1 is 0.909 bits per heavy atom. The number of carbonyl (C=O) groups excluding carboxylic acids is 2. The lowest BCUT2D eigenvalue weighted by Crippen LogP contribution is -2.28. The molecule has 33 heavy (non-hydrogen) atoms. The molecule has 0 saturated carbocycles. The van der Waals surface area contributed by atoms with Gasteiger partial charge in [0.15, 0.2) is 6.61 Å². The number of hydrogen-bond donors (Lipinski definition) is 3. The molecule has 3 aromatic rings. The molecule has 0 aromatic heterocycles. The number of aliphatic hydroxyl groups excluding tert-OH is 2. The summed E-state index contributed by atoms with van der Waals surface area (Å²) in [5.41, 5.74) is 1.02. The Morgan fingerprint density at radius 2 is 1.64 bits per heavy atom. The van der Waals surface area contributed by atoms with E-state index in [1.165, 1.54) is 42.5 Å². The first-order chi connectivity index (χ1) is 15.9. The van der Waals surface area contributed by atoms with E-state index in [0.29, 0.717) is 11.1 Å². The highest BCUT2D eigenvalue weighted by Crippen LogP contribution is 2.24. The van der Waals surface area contributed by atoms with Crippen molar-refractivity contribution in [3.8, 4) is 16.9 Å². The zero-order valence-electron chi connectivity index (χ0n) is 17.3. The molecule has 0 bridgehead atoms. The number of ether oxygens (including phenoxy) is 2. The fourth-order valence-electron chi connectivity index (χ4n) is 2.90. The zero-order valence-corrected chi connectivity index (χ0v) is 17.3. The third-order valence-corrected chi connectivity index (χ3v) is 4.52. The number of nitrogens with one attached hydrogen (secondary N) is 1. The van der Waals surface area contributed by atoms with Gasteiger partial charge in [-0.3, -0.25) is 4.79 Å². The van der Waals surface area contributed by atoms with Gasteiger partial charge in [0, 0.05) is 11.8 Å². The van der Waals surface area contributed by atoms with E-state index in [0.717, 1.165) is 6.07 Å². The van der Waals surface area contributed by atoms with Crippen LogP contribution in [0.2, 0.25) is 0 Å². The summed E-state index contributed by atoms with van der Waals surface area (Å²) in [6.45, 7) is -1.54. The second-order valence-electron chi connectivity index (χ2n) is 6.95. The summed E-state index contributed by atoms with van der Waals surface area (Å²) in [5, 5.41) is 20.4. The molecular weight excluding hydrogens is 436 g/mol. The Bertz CT molecular complexity index is 1130. The van der Waals surface area contributed by atoms with Crippen molar-refractivity contribution in [1.29, 1.82) is 0 Å². The lowest BCUT2D eigenvalue weighted by molar-refractivity contribution is -0.155. The number of carbonyl (C=O) groups is 2. The molecule has 3 N–H and O–H groups in total. The van der Waals surface area contributed by atoms with Crippen LogP contribution in [0.25, 0.3) is 11.1 Å². The van der Waals surface area contributed by atoms with E-state index in [1.54, 1.807) is 18.2 Å². The Kier molecular flexibility index (Phi) is 8.06. The van der Waals surface area contributed by atoms with Crippen molar-refractivity contribution in [1.82, 2.24) is 0 Å². The highest BCUT2D eigenvalue weighted by Gasteiger charge is 2.15. The van der Waals surface area contributed by atoms with Crippen LogP contribution in [0.3, 0.4) is 0 Å². The topological polar surface area (TPSA) is 105 Å². The van der Waals surface area contributed by atoms with E-state index in [-0.39, 0.29) is 17.0 Å². The maximum Gasteiger partial charge on any atom is 0.344 e. The van der Waals surface area contributed by atoms with Gasteiger partial charge in [0.1, 0.15) is 23.5 Å². The molecule has 3 rings (SSSR count). The first-order valence-electron chi connectivity index (χ1n) is 9.90. The van der Waals surface area contributed by atoms with Gasteiger partial charge in [-0.2, -0.15) is 0 Å². The highest BCUT2D eigenvalue weighted by molar-refractivity contribution is 6.05. The van der Waals surface area contributed by atoms with Crippen LogP contribution in [0.5, 0.6) is 5.75 Å². The van der Waals surface area contributed by atoms with Gasteiger partial charge in [0.25, 0.3) is 5.91 Å². The van der Waals surface area contributed by atoms with Crippen LogP contribution in [-0.4, -0.2) is 48.0 Å². The van der Waals surface area contributed by atoms with Crippen molar-refractivity contribution in [2.75, 3.05) is 25.1 Å². The lowest BCUT2D eigenvalue weighted by atomic mass is 10.0. The van der Waals surface area contributed by atoms with Crippen molar-refractivity contribution < 1.29 is 38.1 Å². The number of benzene rings is 3. The summed E-state index contributed by atoms with van der Waals surface area (Å²) in [6.07, 6.45) is -1.04. The predicted octanol–water partition coefficient (Wildman–Crippen LogP) is 3.16. The Hall–Kier alpha value is -3.82. The largest absolute Gasteiger partial charge is 0.482 e. The summed E-state index contributed by atoms with van der Waals surface area (Å²) < 4.78 is 37.9. The standard InChI is InChI=1S/C24H21F2NO6/c25-17-4-1-3-15(9-17)16-7-8-22(26)21(10-16)24(31)27-18-5-2-6-19(11-18)32-14-23(30)33-20(12-28)13-29/h1-11,20,28-29H,12-14H2,(H,27,31). The summed E-state index contributed by atoms with van der Waals surface area (Å²) in [6, 6.07) is 15.7. The van der Waals surface area contributed by atoms with Crippen LogP contribution in [0.1, 0.15) is 10.4 Å². The van der Waals surface area contributed by atoms with Gasteiger partial charge < -0.3 is 25.0 Å². The second kappa shape index (κ2) is 11.2. The first kappa shape index (κ1) is 23.8. The van der Waals surface area contributed by atoms with Gasteiger partial charge in [-0.15, -0.1) is 0 Å². The molecule has 0 radical (unpaired) electrons. The number of hydrogen-bond acceptors (Lipinski definition) is 6. The Labute approximate surface area is 188 Å². The van der Waals surface area contributed by atoms with Crippen LogP contribution in [0, 0.1) is 11.6 Å². The normalized spacial score (nSPS) is 10.7. The van der Waals surface area contributed by atoms with E-state index in [9.17, 15) is 18.4 Å². The molecule has 3 aromatic carbocycles. The summed E-state index contributed by atoms with van der Waals surface area (Å²) in [7, 11) is 0. The second-order valence-corrected chi connectivity index (χ2v) is 6.95. The molecule has 0 aliphatic carbocycles. The van der Waals surface area contributed by atoms with Gasteiger partial charge in [0.2, 0.25) is 0 Å². The summed E-state index contributed by atoms with van der Waals surface area (Å²) in [4.78, 5) is 24.4. The van der Waals surface area contributed by atoms with Gasteiger partial charge in [-0.25, -0.2) is 13.6 Å². The van der Waals surface area contributed by atoms with Crippen molar-refractivity contribution in [3.05, 3.63) is 83.9 Å². The molecule has 172 valence electrons. The molecule has 0 aliphatic rings. The highest BCUT2D eigenvalue weighted by atomic mass is 19.1. The van der Waals surface area contributed by atoms with Crippen LogP contribution >= 0.6 is 0 Å². The molecule has 0 heterocycles. The summed E-state index contributed by atoms with van der Waals surface area (Å²) in [5.74, 6) is -2.50. The van der Waals surface area contributed by atoms with Gasteiger partial charge in [-0.1, -0.05) is 24.3 Å². The smallest absolute Gasteiger partial charge is 0.344 e. The van der Waals surface area contributed by atoms with Gasteiger partial charge in [-0.05, 0) is 47.5 Å². The predicted molar refractivity (Wildman–Crippen MR) is 116 cm³/mol. The number of amides is 1. The van der Waals surface area contributed by atoms with Crippen LogP contribution in [0.4, 0.5) is 14.5 Å². The Balaban J connectivity index is 1.68. The van der Waals surface area contributed by atoms with Gasteiger partial charge >= 0.3 is 5.97 Å². The number of anilines is 1. The molecule has 9 heteroatoms. The van der Waals surface area contributed by atoms with Crippen LogP contribution in [-0.2, 0) is 9.53 Å². The molecular formula is C24H21F2NO6. The molecule has 0 unspecified atom stereocenters. The van der Waals surface area contributed by atoms with E-state index >= 15 is 0 Å². The van der Waals surface area contributed by atoms with E-state index < -0.39 is 49.4 Å². The number of aliphatic hydroxyl groups is 2. The maximum absolute atomic E-state index is 14.3. The third kappa shape index (κ3) is 6.58. The minimum atomic E-state index is -1.04. The SMILES string of the molecule is O=C(COc1cccc(NC(=O)c2cc(-c3cccc(F)c3)ccc2F)c1)OC(CO)CO. The first-order valence-corrected chi connectivity index (χ1v) is 9.90. The number of halogens is 2. The molecule has 0 aliphatic heterocycles. The van der Waals surface area contributed by atoms with Crippen molar-refractivity contribution in [2.45, 2.75) is 6.10 Å². The minimum Gasteiger partial charge on any atom is -0.482 e. The monoisotopic (exact) mass is 457 g/mol. The fourth-order valence-corrected chi connectivity index (χ4v) is 2.90. The minimum absolute atomic E-state index is 0.225. The third-order valence-electron chi connectivity index (χ3n) is 4.52. The van der Waals surface area contributed by atoms with E-state index in [4.69, 9.17) is 19.7 Å². The molecule has 1 amide bonds. The van der Waals surface area contributed by atoms with Crippen molar-refractivity contribution >= 4 is 17.6 Å². The van der Waals surface area contributed by atoms with Crippen LogP contribution < -0.4 is 10.1 Å². The number of esters is 1. The van der Waals surface area contributed by atoms with Gasteiger partial charge in [0.05, 0.1) is 18.8 Å². The molecule has 0 atom stereocenters. The van der Waals surface area contributed by atoms with Crippen LogP contribution in [0.15, 0.2) is 66.7 Å².